The molecule has 1 fully saturated rings. The third-order valence-electron chi connectivity index (χ3n) is 5.46. The van der Waals surface area contributed by atoms with Crippen LogP contribution in [0.25, 0.3) is 11.0 Å². The molecular formula is C21H25ClN4O3S. The van der Waals surface area contributed by atoms with E-state index in [1.54, 1.807) is 28.6 Å². The molecule has 0 bridgehead atoms. The monoisotopic (exact) mass is 448 g/mol. The fourth-order valence-corrected chi connectivity index (χ4v) is 5.30. The lowest BCUT2D eigenvalue weighted by Crippen LogP contribution is -2.38. The molecule has 0 amide bonds. The zero-order valence-corrected chi connectivity index (χ0v) is 18.0. The van der Waals surface area contributed by atoms with Gasteiger partial charge in [0.05, 0.1) is 27.9 Å². The fraction of sp³-hybridized carbons (Fsp3) is 0.381. The van der Waals surface area contributed by atoms with Crippen molar-refractivity contribution in [1.82, 2.24) is 14.3 Å². The number of aliphatic hydroxyl groups is 1. The summed E-state index contributed by atoms with van der Waals surface area (Å²) >= 11 is 5.58. The van der Waals surface area contributed by atoms with Gasteiger partial charge in [-0.15, -0.1) is 11.6 Å². The minimum atomic E-state index is -3.54. The molecule has 3 aromatic rings. The van der Waals surface area contributed by atoms with Gasteiger partial charge in [0.25, 0.3) is 0 Å². The number of anilines is 1. The van der Waals surface area contributed by atoms with Crippen LogP contribution in [0.3, 0.4) is 0 Å². The highest BCUT2D eigenvalue weighted by Crippen LogP contribution is 2.30. The number of benzene rings is 2. The largest absolute Gasteiger partial charge is 0.390 e. The average molecular weight is 449 g/mol. The predicted octanol–water partition coefficient (Wildman–Crippen LogP) is 3.14. The number of alkyl halides is 1. The number of hydrogen-bond acceptors (Lipinski definition) is 5. The zero-order chi connectivity index (χ0) is 21.1. The number of aliphatic hydroxyl groups excluding tert-OH is 1. The van der Waals surface area contributed by atoms with Gasteiger partial charge >= 0.3 is 0 Å². The van der Waals surface area contributed by atoms with E-state index >= 15 is 0 Å². The van der Waals surface area contributed by atoms with Gasteiger partial charge in [0.2, 0.25) is 10.0 Å². The number of sulfonamides is 1. The third kappa shape index (κ3) is 4.46. The fourth-order valence-electron chi connectivity index (χ4n) is 3.72. The number of H-pyrrole nitrogens is 1. The van der Waals surface area contributed by atoms with Crippen molar-refractivity contribution in [2.24, 2.45) is 0 Å². The van der Waals surface area contributed by atoms with E-state index < -0.39 is 16.1 Å². The molecular weight excluding hydrogens is 424 g/mol. The van der Waals surface area contributed by atoms with E-state index in [0.29, 0.717) is 19.6 Å². The van der Waals surface area contributed by atoms with Crippen LogP contribution in [-0.2, 0) is 10.0 Å². The molecule has 2 heterocycles. The van der Waals surface area contributed by atoms with E-state index in [1.807, 2.05) is 24.3 Å². The summed E-state index contributed by atoms with van der Waals surface area (Å²) < 4.78 is 27.6. The molecule has 1 atom stereocenters. The van der Waals surface area contributed by atoms with Gasteiger partial charge in [-0.1, -0.05) is 12.1 Å². The summed E-state index contributed by atoms with van der Waals surface area (Å²) in [5, 5.41) is 12.5. The maximum absolute atomic E-state index is 13.0. The molecule has 30 heavy (non-hydrogen) atoms. The van der Waals surface area contributed by atoms with E-state index in [4.69, 9.17) is 11.6 Å². The highest BCUT2D eigenvalue weighted by atomic mass is 35.5. The van der Waals surface area contributed by atoms with Crippen molar-refractivity contribution >= 4 is 38.3 Å². The van der Waals surface area contributed by atoms with Crippen molar-refractivity contribution in [3.05, 3.63) is 54.4 Å². The lowest BCUT2D eigenvalue weighted by atomic mass is 9.97. The van der Waals surface area contributed by atoms with E-state index in [-0.39, 0.29) is 16.7 Å². The molecule has 3 N–H and O–H groups in total. The Kier molecular flexibility index (Phi) is 6.29. The molecule has 1 saturated heterocycles. The van der Waals surface area contributed by atoms with Crippen LogP contribution in [0.4, 0.5) is 5.69 Å². The number of nitrogens with zero attached hydrogens (tertiary/aromatic N) is 2. The second-order valence-corrected chi connectivity index (χ2v) is 9.78. The normalized spacial score (nSPS) is 17.3. The highest BCUT2D eigenvalue weighted by Gasteiger charge is 2.31. The van der Waals surface area contributed by atoms with Gasteiger partial charge in [0.1, 0.15) is 5.82 Å². The van der Waals surface area contributed by atoms with Gasteiger partial charge in [0.15, 0.2) is 0 Å². The molecule has 1 unspecified atom stereocenters. The zero-order valence-electron chi connectivity index (χ0n) is 16.5. The Balaban J connectivity index is 1.39. The van der Waals surface area contributed by atoms with E-state index in [1.165, 1.54) is 0 Å². The highest BCUT2D eigenvalue weighted by molar-refractivity contribution is 7.89. The molecule has 0 aliphatic carbocycles. The molecule has 9 heteroatoms. The second-order valence-electron chi connectivity index (χ2n) is 7.53. The van der Waals surface area contributed by atoms with Gasteiger partial charge in [-0.25, -0.2) is 13.4 Å². The van der Waals surface area contributed by atoms with Crippen LogP contribution in [0, 0.1) is 0 Å². The smallest absolute Gasteiger partial charge is 0.243 e. The molecule has 1 aliphatic rings. The first kappa shape index (κ1) is 21.1. The van der Waals surface area contributed by atoms with Gasteiger partial charge in [-0.3, -0.25) is 0 Å². The Morgan fingerprint density at radius 2 is 1.87 bits per heavy atom. The lowest BCUT2D eigenvalue weighted by Gasteiger charge is -2.30. The molecule has 4 rings (SSSR count). The number of para-hydroxylation sites is 2. The predicted molar refractivity (Wildman–Crippen MR) is 118 cm³/mol. The van der Waals surface area contributed by atoms with Crippen LogP contribution in [0.15, 0.2) is 53.4 Å². The molecule has 160 valence electrons. The minimum Gasteiger partial charge on any atom is -0.390 e. The third-order valence-corrected chi connectivity index (χ3v) is 7.73. The number of nitrogens with one attached hydrogen (secondary N) is 2. The quantitative estimate of drug-likeness (QED) is 0.482. The lowest BCUT2D eigenvalue weighted by molar-refractivity contribution is 0.211. The number of hydrogen-bond donors (Lipinski definition) is 3. The Morgan fingerprint density at radius 1 is 1.17 bits per heavy atom. The van der Waals surface area contributed by atoms with Crippen LogP contribution in [0.5, 0.6) is 0 Å². The van der Waals surface area contributed by atoms with Crippen molar-refractivity contribution in [1.29, 1.82) is 0 Å². The molecule has 1 aromatic heterocycles. The summed E-state index contributed by atoms with van der Waals surface area (Å²) in [5.41, 5.74) is 2.69. The van der Waals surface area contributed by atoms with Crippen LogP contribution < -0.4 is 5.32 Å². The molecule has 1 aliphatic heterocycles. The maximum Gasteiger partial charge on any atom is 0.243 e. The number of aromatic amines is 1. The summed E-state index contributed by atoms with van der Waals surface area (Å²) in [4.78, 5) is 8.31. The van der Waals surface area contributed by atoms with Crippen molar-refractivity contribution in [3.8, 4) is 0 Å². The first-order valence-electron chi connectivity index (χ1n) is 10.00. The van der Waals surface area contributed by atoms with Gasteiger partial charge in [-0.2, -0.15) is 4.31 Å². The number of halogens is 1. The summed E-state index contributed by atoms with van der Waals surface area (Å²) in [6, 6.07) is 14.5. The van der Waals surface area contributed by atoms with Crippen molar-refractivity contribution < 1.29 is 13.5 Å². The van der Waals surface area contributed by atoms with Crippen molar-refractivity contribution in [2.45, 2.75) is 29.8 Å². The van der Waals surface area contributed by atoms with Gasteiger partial charge < -0.3 is 15.4 Å². The number of fused-ring (bicyclic) bond motifs is 1. The summed E-state index contributed by atoms with van der Waals surface area (Å²) in [6.07, 6.45) is 0.812. The Morgan fingerprint density at radius 3 is 2.53 bits per heavy atom. The topological polar surface area (TPSA) is 98.3 Å². The number of imidazole rings is 1. The van der Waals surface area contributed by atoms with Crippen LogP contribution >= 0.6 is 11.6 Å². The molecule has 7 nitrogen and oxygen atoms in total. The summed E-state index contributed by atoms with van der Waals surface area (Å²) in [6.45, 7) is 1.24. The van der Waals surface area contributed by atoms with Crippen LogP contribution in [-0.4, -0.2) is 59.4 Å². The van der Waals surface area contributed by atoms with Crippen LogP contribution in [0.2, 0.25) is 0 Å². The first-order valence-corrected chi connectivity index (χ1v) is 12.0. The second kappa shape index (κ2) is 8.93. The summed E-state index contributed by atoms with van der Waals surface area (Å²) in [5.74, 6) is 1.30. The first-order chi connectivity index (χ1) is 14.5. The van der Waals surface area contributed by atoms with Crippen molar-refractivity contribution in [2.75, 3.05) is 30.8 Å². The standard InChI is InChI=1S/C21H25ClN4O3S/c22-13-17(27)14-23-16-5-7-18(8-6-16)30(28,29)26-11-9-15(10-12-26)21-24-19-3-1-2-4-20(19)25-21/h1-8,15,17,23,27H,9-14H2,(H,24,25). The van der Waals surface area contributed by atoms with E-state index in [2.05, 4.69) is 15.3 Å². The SMILES string of the molecule is O=S(=O)(c1ccc(NCC(O)CCl)cc1)N1CCC(c2nc3ccccc3[nH]2)CC1. The Hall–Kier alpha value is -2.13. The summed E-state index contributed by atoms with van der Waals surface area (Å²) in [7, 11) is -3.54. The maximum atomic E-state index is 13.0. The Bertz CT molecular complexity index is 1060. The minimum absolute atomic E-state index is 0.142. The number of aromatic nitrogens is 2. The van der Waals surface area contributed by atoms with Crippen molar-refractivity contribution in [3.63, 3.8) is 0 Å². The van der Waals surface area contributed by atoms with Gasteiger partial charge in [-0.05, 0) is 49.2 Å². The number of rotatable bonds is 7. The van der Waals surface area contributed by atoms with E-state index in [0.717, 1.165) is 35.4 Å². The molecule has 0 radical (unpaired) electrons. The van der Waals surface area contributed by atoms with E-state index in [9.17, 15) is 13.5 Å². The molecule has 2 aromatic carbocycles. The van der Waals surface area contributed by atoms with Gasteiger partial charge in [0, 0.05) is 31.2 Å². The molecule has 0 spiro atoms. The average Bonchev–Trinajstić information content (AvgIpc) is 3.22. The van der Waals surface area contributed by atoms with Crippen LogP contribution in [0.1, 0.15) is 24.6 Å². The Labute approximate surface area is 181 Å². The molecule has 0 saturated carbocycles. The number of piperidine rings is 1.